The second-order valence-corrected chi connectivity index (χ2v) is 5.86. The van der Waals surface area contributed by atoms with E-state index >= 15 is 0 Å². The molecule has 0 aliphatic heterocycles. The fraction of sp³-hybridized carbons (Fsp3) is 0.0909. The van der Waals surface area contributed by atoms with E-state index in [1.54, 1.807) is 32.1 Å². The zero-order valence-electron chi connectivity index (χ0n) is 14.9. The topological polar surface area (TPSA) is 52.6 Å². The van der Waals surface area contributed by atoms with Gasteiger partial charge in [0.2, 0.25) is 0 Å². The maximum Gasteiger partial charge on any atom is 0.338 e. The summed E-state index contributed by atoms with van der Waals surface area (Å²) in [7, 11) is 0. The fourth-order valence-electron chi connectivity index (χ4n) is 2.06. The standard InChI is InChI=1S/C22H20O4/c1-6-16-7-9-17(10-8-16)18-11-19(25-21(23)14(2)3)13-20(12-18)26-22(24)15(4)5/h6-13H,1-2,4H2,3,5H3. The summed E-state index contributed by atoms with van der Waals surface area (Å²) in [6.45, 7) is 14.0. The van der Waals surface area contributed by atoms with Gasteiger partial charge in [0.15, 0.2) is 0 Å². The number of esters is 2. The van der Waals surface area contributed by atoms with Crippen LogP contribution in [0.3, 0.4) is 0 Å². The van der Waals surface area contributed by atoms with Crippen LogP contribution in [0.5, 0.6) is 11.5 Å². The van der Waals surface area contributed by atoms with Crippen molar-refractivity contribution in [2.75, 3.05) is 0 Å². The minimum absolute atomic E-state index is 0.257. The van der Waals surface area contributed by atoms with E-state index in [4.69, 9.17) is 9.47 Å². The molecule has 0 aromatic heterocycles. The zero-order chi connectivity index (χ0) is 19.3. The maximum absolute atomic E-state index is 11.8. The van der Waals surface area contributed by atoms with E-state index in [1.165, 1.54) is 6.07 Å². The van der Waals surface area contributed by atoms with Crippen molar-refractivity contribution in [1.82, 2.24) is 0 Å². The van der Waals surface area contributed by atoms with Crippen LogP contribution in [-0.2, 0) is 9.59 Å². The summed E-state index contributed by atoms with van der Waals surface area (Å²) < 4.78 is 10.6. The number of benzene rings is 2. The molecule has 2 aromatic carbocycles. The molecule has 0 saturated carbocycles. The molecule has 0 bridgehead atoms. The predicted molar refractivity (Wildman–Crippen MR) is 103 cm³/mol. The van der Waals surface area contributed by atoms with Crippen LogP contribution in [0, 0.1) is 0 Å². The lowest BCUT2D eigenvalue weighted by atomic mass is 10.0. The fourth-order valence-corrected chi connectivity index (χ4v) is 2.06. The Labute approximate surface area is 153 Å². The smallest absolute Gasteiger partial charge is 0.338 e. The molecule has 0 radical (unpaired) electrons. The van der Waals surface area contributed by atoms with Gasteiger partial charge in [0, 0.05) is 17.2 Å². The van der Waals surface area contributed by atoms with Crippen molar-refractivity contribution in [3.05, 3.63) is 78.9 Å². The van der Waals surface area contributed by atoms with Crippen molar-refractivity contribution in [2.45, 2.75) is 13.8 Å². The summed E-state index contributed by atoms with van der Waals surface area (Å²) in [4.78, 5) is 23.7. The first-order valence-electron chi connectivity index (χ1n) is 7.93. The van der Waals surface area contributed by atoms with E-state index in [0.29, 0.717) is 0 Å². The lowest BCUT2D eigenvalue weighted by Crippen LogP contribution is -2.10. The molecular formula is C22H20O4. The molecule has 26 heavy (non-hydrogen) atoms. The van der Waals surface area contributed by atoms with Gasteiger partial charge in [-0.1, -0.05) is 50.1 Å². The Bertz CT molecular complexity index is 843. The van der Waals surface area contributed by atoms with Crippen LogP contribution in [0.1, 0.15) is 19.4 Å². The van der Waals surface area contributed by atoms with Gasteiger partial charge in [-0.25, -0.2) is 9.59 Å². The summed E-state index contributed by atoms with van der Waals surface area (Å²) in [6, 6.07) is 12.5. The Balaban J connectivity index is 2.45. The highest BCUT2D eigenvalue weighted by molar-refractivity contribution is 5.90. The van der Waals surface area contributed by atoms with Gasteiger partial charge >= 0.3 is 11.9 Å². The molecule has 4 heteroatoms. The third-order valence-corrected chi connectivity index (χ3v) is 3.48. The van der Waals surface area contributed by atoms with Crippen molar-refractivity contribution in [3.8, 4) is 22.6 Å². The van der Waals surface area contributed by atoms with Crippen LogP contribution in [-0.4, -0.2) is 11.9 Å². The van der Waals surface area contributed by atoms with E-state index in [0.717, 1.165) is 16.7 Å². The molecule has 0 unspecified atom stereocenters. The van der Waals surface area contributed by atoms with Crippen molar-refractivity contribution in [2.24, 2.45) is 0 Å². The first-order chi connectivity index (χ1) is 12.3. The molecule has 0 aliphatic rings. The lowest BCUT2D eigenvalue weighted by Gasteiger charge is -2.11. The molecule has 132 valence electrons. The highest BCUT2D eigenvalue weighted by Gasteiger charge is 2.12. The van der Waals surface area contributed by atoms with E-state index in [-0.39, 0.29) is 22.6 Å². The highest BCUT2D eigenvalue weighted by atomic mass is 16.5. The highest BCUT2D eigenvalue weighted by Crippen LogP contribution is 2.31. The largest absolute Gasteiger partial charge is 0.423 e. The van der Waals surface area contributed by atoms with E-state index in [9.17, 15) is 9.59 Å². The maximum atomic E-state index is 11.8. The quantitative estimate of drug-likeness (QED) is 0.421. The van der Waals surface area contributed by atoms with Crippen LogP contribution in [0.4, 0.5) is 0 Å². The zero-order valence-corrected chi connectivity index (χ0v) is 14.9. The Kier molecular flexibility index (Phi) is 5.91. The average molecular weight is 348 g/mol. The van der Waals surface area contributed by atoms with E-state index in [2.05, 4.69) is 19.7 Å². The molecule has 0 amide bonds. The number of carbonyl (C=O) groups is 2. The normalized spacial score (nSPS) is 9.92. The molecule has 0 N–H and O–H groups in total. The van der Waals surface area contributed by atoms with E-state index in [1.807, 2.05) is 24.3 Å². The summed E-state index contributed by atoms with van der Waals surface area (Å²) in [5.41, 5.74) is 3.12. The van der Waals surface area contributed by atoms with Gasteiger partial charge in [0.25, 0.3) is 0 Å². The molecule has 0 heterocycles. The SMILES string of the molecule is C=Cc1ccc(-c2cc(OC(=O)C(=C)C)cc(OC(=O)C(=C)C)c2)cc1. The second kappa shape index (κ2) is 8.12. The molecule has 0 saturated heterocycles. The minimum atomic E-state index is -0.554. The van der Waals surface area contributed by atoms with Crippen LogP contribution in [0.2, 0.25) is 0 Å². The number of ether oxygens (including phenoxy) is 2. The predicted octanol–water partition coefficient (Wildman–Crippen LogP) is 4.96. The summed E-state index contributed by atoms with van der Waals surface area (Å²) in [5.74, 6) is -0.594. The lowest BCUT2D eigenvalue weighted by molar-refractivity contribution is -0.130. The van der Waals surface area contributed by atoms with Crippen molar-refractivity contribution < 1.29 is 19.1 Å². The average Bonchev–Trinajstić information content (AvgIpc) is 2.61. The first-order valence-corrected chi connectivity index (χ1v) is 7.93. The Morgan fingerprint density at radius 1 is 0.808 bits per heavy atom. The molecule has 0 spiro atoms. The van der Waals surface area contributed by atoms with Gasteiger partial charge in [-0.2, -0.15) is 0 Å². The van der Waals surface area contributed by atoms with Gasteiger partial charge in [-0.3, -0.25) is 0 Å². The Morgan fingerprint density at radius 3 is 1.65 bits per heavy atom. The number of hydrogen-bond donors (Lipinski definition) is 0. The summed E-state index contributed by atoms with van der Waals surface area (Å²) in [6.07, 6.45) is 1.74. The van der Waals surface area contributed by atoms with Gasteiger partial charge in [-0.15, -0.1) is 0 Å². The number of rotatable bonds is 6. The first kappa shape index (κ1) is 18.9. The Hall–Kier alpha value is -3.40. The summed E-state index contributed by atoms with van der Waals surface area (Å²) in [5, 5.41) is 0. The molecule has 0 atom stereocenters. The van der Waals surface area contributed by atoms with Crippen molar-refractivity contribution in [3.63, 3.8) is 0 Å². The second-order valence-electron chi connectivity index (χ2n) is 5.86. The molecular weight excluding hydrogens is 328 g/mol. The minimum Gasteiger partial charge on any atom is -0.423 e. The Morgan fingerprint density at radius 2 is 1.27 bits per heavy atom. The monoisotopic (exact) mass is 348 g/mol. The van der Waals surface area contributed by atoms with Crippen LogP contribution in [0.15, 0.2) is 73.3 Å². The van der Waals surface area contributed by atoms with Crippen LogP contribution >= 0.6 is 0 Å². The van der Waals surface area contributed by atoms with Gasteiger partial charge in [0.05, 0.1) is 0 Å². The van der Waals surface area contributed by atoms with Gasteiger partial charge in [0.1, 0.15) is 11.5 Å². The third kappa shape index (κ3) is 4.80. The number of hydrogen-bond acceptors (Lipinski definition) is 4. The van der Waals surface area contributed by atoms with Gasteiger partial charge < -0.3 is 9.47 Å². The third-order valence-electron chi connectivity index (χ3n) is 3.48. The summed E-state index contributed by atoms with van der Waals surface area (Å²) >= 11 is 0. The molecule has 4 nitrogen and oxygen atoms in total. The molecule has 2 aromatic rings. The van der Waals surface area contributed by atoms with E-state index < -0.39 is 11.9 Å². The van der Waals surface area contributed by atoms with Crippen molar-refractivity contribution >= 4 is 18.0 Å². The molecule has 0 aliphatic carbocycles. The van der Waals surface area contributed by atoms with Gasteiger partial charge in [-0.05, 0) is 42.7 Å². The molecule has 0 fully saturated rings. The van der Waals surface area contributed by atoms with Crippen LogP contribution in [0.25, 0.3) is 17.2 Å². The van der Waals surface area contributed by atoms with Crippen molar-refractivity contribution in [1.29, 1.82) is 0 Å². The molecule has 2 rings (SSSR count). The number of carbonyl (C=O) groups excluding carboxylic acids is 2. The van der Waals surface area contributed by atoms with Crippen LogP contribution < -0.4 is 9.47 Å².